The van der Waals surface area contributed by atoms with Crippen molar-refractivity contribution in [2.24, 2.45) is 5.73 Å². The number of primary amides is 1. The second-order valence-corrected chi connectivity index (χ2v) is 9.59. The van der Waals surface area contributed by atoms with Crippen LogP contribution in [0.1, 0.15) is 52.9 Å². The molecule has 4 atom stereocenters. The minimum absolute atomic E-state index is 0.238. The van der Waals surface area contributed by atoms with Gasteiger partial charge >= 0.3 is 0 Å². The number of hydrogen-bond acceptors (Lipinski definition) is 7. The number of unbranched alkanes of at least 4 members (excludes halogenated alkanes) is 2. The van der Waals surface area contributed by atoms with Gasteiger partial charge < -0.3 is 21.7 Å². The van der Waals surface area contributed by atoms with Gasteiger partial charge in [0, 0.05) is 6.42 Å². The molecule has 0 radical (unpaired) electrons. The monoisotopic (exact) mass is 722 g/mol. The zero-order chi connectivity index (χ0) is 27.1. The van der Waals surface area contributed by atoms with Gasteiger partial charge in [-0.3, -0.25) is 37.2 Å². The van der Waals surface area contributed by atoms with Gasteiger partial charge in [0.05, 0.1) is 39.8 Å². The average Bonchev–Trinajstić information content (AvgIpc) is 2.81. The number of ketones is 1. The van der Waals surface area contributed by atoms with Crippen LogP contribution in [0.15, 0.2) is 0 Å². The quantitative estimate of drug-likeness (QED) is 0.0593. The highest BCUT2D eigenvalue weighted by molar-refractivity contribution is 14.1. The van der Waals surface area contributed by atoms with Gasteiger partial charge in [-0.1, -0.05) is 29.0 Å². The Bertz CT molecular complexity index is 769. The van der Waals surface area contributed by atoms with E-state index in [0.717, 1.165) is 19.3 Å². The molecule has 0 aromatic carbocycles. The van der Waals surface area contributed by atoms with E-state index in [1.165, 1.54) is 13.8 Å². The van der Waals surface area contributed by atoms with E-state index in [1.807, 2.05) is 11.9 Å². The number of halogens is 2. The maximum Gasteiger partial charge on any atom is 0.251 e. The Morgan fingerprint density at radius 3 is 1.89 bits per heavy atom. The molecule has 0 unspecified atom stereocenters. The molecule has 0 saturated carbocycles. The number of rotatable bonds is 17. The highest BCUT2D eigenvalue weighted by atomic mass is 127. The summed E-state index contributed by atoms with van der Waals surface area (Å²) in [5, 5.41) is 7.47. The summed E-state index contributed by atoms with van der Waals surface area (Å²) in [7, 11) is 1.81. The van der Waals surface area contributed by atoms with Crippen LogP contribution in [-0.2, 0) is 28.8 Å². The Morgan fingerprint density at radius 2 is 1.37 bits per heavy atom. The molecule has 0 aliphatic rings. The lowest BCUT2D eigenvalue weighted by molar-refractivity contribution is -0.134. The fraction of sp³-hybridized carbons (Fsp3) is 0.714. The molecule has 0 spiro atoms. The smallest absolute Gasteiger partial charge is 0.251 e. The van der Waals surface area contributed by atoms with Crippen molar-refractivity contribution < 1.29 is 28.8 Å². The number of carbonyl (C=O) groups is 6. The van der Waals surface area contributed by atoms with Crippen molar-refractivity contribution in [3.05, 3.63) is 0 Å². The van der Waals surface area contributed by atoms with Crippen LogP contribution in [0.4, 0.5) is 0 Å². The van der Waals surface area contributed by atoms with Crippen LogP contribution in [-0.4, -0.2) is 82.4 Å². The standard InChI is InChI=1S/C21H36I2N6O6/c1-12(26-20(34)14(3)29(4)9-7-5-6-8-15(30)11-22)18(32)25-13(2)19(33)27-16(10-17(24)31)21(35)28-23/h12-14,16H,5-11H2,1-4H3,(H2,24,31)(H,25,32)(H,26,34)(H,27,33)(H,28,35)/t12-,13-,14-,16+/m1/s1. The molecule has 0 bridgehead atoms. The number of alkyl halides is 1. The highest BCUT2D eigenvalue weighted by Crippen LogP contribution is 2.06. The Balaban J connectivity index is 4.61. The first-order valence-electron chi connectivity index (χ1n) is 11.2. The van der Waals surface area contributed by atoms with Crippen molar-refractivity contribution >= 4 is 80.8 Å². The predicted octanol–water partition coefficient (Wildman–Crippen LogP) is -0.293. The molecular weight excluding hydrogens is 686 g/mol. The van der Waals surface area contributed by atoms with Crippen molar-refractivity contribution in [3.63, 3.8) is 0 Å². The Morgan fingerprint density at radius 1 is 0.829 bits per heavy atom. The van der Waals surface area contributed by atoms with Crippen LogP contribution < -0.4 is 25.2 Å². The van der Waals surface area contributed by atoms with E-state index in [1.54, 1.807) is 29.8 Å². The van der Waals surface area contributed by atoms with E-state index in [4.69, 9.17) is 5.73 Å². The SMILES string of the molecule is C[C@H](C(=O)N[C@H](C)C(=O)N[C@H](C)C(=O)N[C@@H](CC(N)=O)C(=O)NI)N(C)CCCCCC(=O)CI. The second kappa shape index (κ2) is 17.8. The molecule has 200 valence electrons. The van der Waals surface area contributed by atoms with E-state index in [9.17, 15) is 28.8 Å². The van der Waals surface area contributed by atoms with Gasteiger partial charge in [0.2, 0.25) is 23.6 Å². The lowest BCUT2D eigenvalue weighted by Crippen LogP contribution is -2.56. The average molecular weight is 722 g/mol. The number of carbonyl (C=O) groups excluding carboxylic acids is 6. The van der Waals surface area contributed by atoms with Crippen LogP contribution in [0, 0.1) is 0 Å². The van der Waals surface area contributed by atoms with Crippen LogP contribution in [0.5, 0.6) is 0 Å². The van der Waals surface area contributed by atoms with E-state index in [0.29, 0.717) is 17.4 Å². The van der Waals surface area contributed by atoms with E-state index < -0.39 is 54.2 Å². The second-order valence-electron chi connectivity index (χ2n) is 8.29. The summed E-state index contributed by atoms with van der Waals surface area (Å²) in [6.07, 6.45) is 2.74. The minimum atomic E-state index is -1.17. The van der Waals surface area contributed by atoms with Gasteiger partial charge in [-0.2, -0.15) is 0 Å². The van der Waals surface area contributed by atoms with Crippen molar-refractivity contribution in [1.82, 2.24) is 24.4 Å². The molecule has 0 fully saturated rings. The predicted molar refractivity (Wildman–Crippen MR) is 148 cm³/mol. The van der Waals surface area contributed by atoms with Crippen molar-refractivity contribution in [3.8, 4) is 0 Å². The molecule has 14 heteroatoms. The van der Waals surface area contributed by atoms with Gasteiger partial charge in [-0.25, -0.2) is 0 Å². The molecule has 6 N–H and O–H groups in total. The zero-order valence-electron chi connectivity index (χ0n) is 20.5. The third kappa shape index (κ3) is 13.9. The Hall–Kier alpha value is -1.56. The molecule has 0 saturated heterocycles. The molecule has 12 nitrogen and oxygen atoms in total. The number of hydrogen-bond donors (Lipinski definition) is 5. The molecule has 0 heterocycles. The van der Waals surface area contributed by atoms with Gasteiger partial charge in [-0.15, -0.1) is 0 Å². The topological polar surface area (TPSA) is 180 Å². The molecule has 0 aliphatic heterocycles. The van der Waals surface area contributed by atoms with Gasteiger partial charge in [0.15, 0.2) is 0 Å². The van der Waals surface area contributed by atoms with Crippen LogP contribution in [0.25, 0.3) is 0 Å². The van der Waals surface area contributed by atoms with Crippen molar-refractivity contribution in [2.75, 3.05) is 18.0 Å². The highest BCUT2D eigenvalue weighted by Gasteiger charge is 2.27. The third-order valence-electron chi connectivity index (χ3n) is 5.29. The number of nitrogens with one attached hydrogen (secondary N) is 4. The summed E-state index contributed by atoms with van der Waals surface area (Å²) in [5.41, 5.74) is 5.11. The molecule has 0 aliphatic carbocycles. The normalized spacial score (nSPS) is 14.3. The fourth-order valence-corrected chi connectivity index (χ4v) is 3.65. The maximum absolute atomic E-state index is 12.5. The summed E-state index contributed by atoms with van der Waals surface area (Å²) in [6, 6.07) is -3.59. The molecule has 0 rings (SSSR count). The first-order valence-corrected chi connectivity index (χ1v) is 13.8. The number of nitrogens with zero attached hydrogens (tertiary/aromatic N) is 1. The molecular formula is C21H36I2N6O6. The minimum Gasteiger partial charge on any atom is -0.370 e. The van der Waals surface area contributed by atoms with Gasteiger partial charge in [0.1, 0.15) is 23.9 Å². The van der Waals surface area contributed by atoms with Crippen LogP contribution in [0.2, 0.25) is 0 Å². The van der Waals surface area contributed by atoms with Gasteiger partial charge in [-0.05, 0) is 47.2 Å². The summed E-state index contributed by atoms with van der Waals surface area (Å²) in [4.78, 5) is 73.5. The molecule has 0 aromatic heterocycles. The fourth-order valence-electron chi connectivity index (χ4n) is 2.90. The largest absolute Gasteiger partial charge is 0.370 e. The van der Waals surface area contributed by atoms with Crippen LogP contribution >= 0.6 is 45.5 Å². The molecule has 0 aromatic rings. The third-order valence-corrected chi connectivity index (χ3v) is 6.67. The Kier molecular flexibility index (Phi) is 17.0. The van der Waals surface area contributed by atoms with Crippen molar-refractivity contribution in [2.45, 2.75) is 77.0 Å². The number of Topliss-reactive ketones (excluding diaryl/α,β-unsaturated/α-hetero) is 1. The first kappa shape index (κ1) is 33.4. The Labute approximate surface area is 233 Å². The number of nitrogens with two attached hydrogens (primary N) is 1. The van der Waals surface area contributed by atoms with E-state index in [2.05, 4.69) is 42.1 Å². The van der Waals surface area contributed by atoms with Crippen molar-refractivity contribution in [1.29, 1.82) is 0 Å². The lowest BCUT2D eigenvalue weighted by atomic mass is 10.1. The van der Waals surface area contributed by atoms with E-state index in [-0.39, 0.29) is 11.7 Å². The van der Waals surface area contributed by atoms with E-state index >= 15 is 0 Å². The summed E-state index contributed by atoms with van der Waals surface area (Å²) < 4.78 is 2.82. The molecule has 5 amide bonds. The molecule has 35 heavy (non-hydrogen) atoms. The lowest BCUT2D eigenvalue weighted by Gasteiger charge is -2.26. The zero-order valence-corrected chi connectivity index (χ0v) is 24.8. The van der Waals surface area contributed by atoms with Crippen LogP contribution in [0.3, 0.4) is 0 Å². The maximum atomic E-state index is 12.5. The number of likely N-dealkylation sites (N-methyl/N-ethyl adjacent to an activating group) is 1. The summed E-state index contributed by atoms with van der Waals surface area (Å²) in [6.45, 7) is 5.30. The number of amides is 5. The van der Waals surface area contributed by atoms with Gasteiger partial charge in [0.25, 0.3) is 5.91 Å². The summed E-state index contributed by atoms with van der Waals surface area (Å²) >= 11 is 3.63. The summed E-state index contributed by atoms with van der Waals surface area (Å²) in [5.74, 6) is -2.75. The first-order chi connectivity index (χ1) is 16.3.